The zero-order chi connectivity index (χ0) is 15.9. The van der Waals surface area contributed by atoms with Gasteiger partial charge in [0.2, 0.25) is 0 Å². The number of benzene rings is 2. The van der Waals surface area contributed by atoms with Crippen LogP contribution in [0.1, 0.15) is 38.8 Å². The van der Waals surface area contributed by atoms with Crippen LogP contribution >= 0.6 is 0 Å². The summed E-state index contributed by atoms with van der Waals surface area (Å²) in [4.78, 5) is 23.3. The first-order valence-electron chi connectivity index (χ1n) is 7.00. The number of hydrogen-bond acceptors (Lipinski definition) is 3. The number of nitrogens with one attached hydrogen (secondary N) is 1. The largest absolute Gasteiger partial charge is 0.289 e. The molecule has 2 rings (SSSR count). The van der Waals surface area contributed by atoms with E-state index in [2.05, 4.69) is 6.92 Å². The topological polar surface area (TPSA) is 66.4 Å². The van der Waals surface area contributed by atoms with E-state index in [1.54, 1.807) is 23.7 Å². The predicted octanol–water partition coefficient (Wildman–Crippen LogP) is 3.26. The van der Waals surface area contributed by atoms with Crippen molar-refractivity contribution < 1.29 is 14.8 Å². The first kappa shape index (κ1) is 15.7. The molecule has 112 valence electrons. The van der Waals surface area contributed by atoms with Crippen LogP contribution in [0, 0.1) is 0 Å². The van der Waals surface area contributed by atoms with Gasteiger partial charge in [-0.1, -0.05) is 49.4 Å². The van der Waals surface area contributed by atoms with Gasteiger partial charge in [0.05, 0.1) is 0 Å². The molecule has 0 atom stereocenters. The van der Waals surface area contributed by atoms with Crippen molar-refractivity contribution in [2.24, 2.45) is 0 Å². The molecule has 0 saturated carbocycles. The van der Waals surface area contributed by atoms with E-state index in [1.165, 1.54) is 23.8 Å². The molecule has 0 saturated heterocycles. The number of aryl methyl sites for hydroxylation is 1. The number of amides is 1. The van der Waals surface area contributed by atoms with Crippen LogP contribution in [-0.2, 0) is 6.42 Å². The molecule has 4 nitrogen and oxygen atoms in total. The fraction of sp³-hybridized carbons (Fsp3) is 0.111. The summed E-state index contributed by atoms with van der Waals surface area (Å²) in [5.74, 6) is -0.749. The lowest BCUT2D eigenvalue weighted by Crippen LogP contribution is -2.18. The molecule has 4 heteroatoms. The lowest BCUT2D eigenvalue weighted by Gasteiger charge is -2.00. The van der Waals surface area contributed by atoms with Crippen LogP contribution in [0.25, 0.3) is 6.08 Å². The molecule has 2 aromatic carbocycles. The van der Waals surface area contributed by atoms with Crippen molar-refractivity contribution in [2.45, 2.75) is 13.3 Å². The van der Waals surface area contributed by atoms with E-state index in [0.29, 0.717) is 5.56 Å². The van der Waals surface area contributed by atoms with E-state index in [0.717, 1.165) is 12.0 Å². The first-order chi connectivity index (χ1) is 10.6. The predicted molar refractivity (Wildman–Crippen MR) is 84.9 cm³/mol. The van der Waals surface area contributed by atoms with E-state index in [4.69, 9.17) is 5.21 Å². The number of allylic oxidation sites excluding steroid dienone is 1. The number of carbonyl (C=O) groups is 2. The fourth-order valence-corrected chi connectivity index (χ4v) is 1.98. The Kier molecular flexibility index (Phi) is 5.22. The molecular weight excluding hydrogens is 278 g/mol. The van der Waals surface area contributed by atoms with Gasteiger partial charge >= 0.3 is 0 Å². The first-order valence-corrected chi connectivity index (χ1v) is 7.00. The van der Waals surface area contributed by atoms with Crippen LogP contribution in [0.3, 0.4) is 0 Å². The van der Waals surface area contributed by atoms with Crippen molar-refractivity contribution in [3.05, 3.63) is 76.9 Å². The van der Waals surface area contributed by atoms with Crippen LogP contribution in [0.15, 0.2) is 54.6 Å². The summed E-state index contributed by atoms with van der Waals surface area (Å²) in [5, 5.41) is 8.54. The zero-order valence-electron chi connectivity index (χ0n) is 12.2. The van der Waals surface area contributed by atoms with E-state index in [1.807, 2.05) is 24.3 Å². The lowest BCUT2D eigenvalue weighted by atomic mass is 10.1. The maximum Gasteiger partial charge on any atom is 0.274 e. The standard InChI is InChI=1S/C18H17NO3/c1-2-13-3-5-14(6-4-13)7-12-17(20)15-8-10-16(11-9-15)18(21)19-22/h3-12,22H,2H2,1H3,(H,19,21). The molecule has 2 N–H and O–H groups in total. The Bertz CT molecular complexity index is 685. The van der Waals surface area contributed by atoms with E-state index >= 15 is 0 Å². The molecule has 0 radical (unpaired) electrons. The number of carbonyl (C=O) groups excluding carboxylic acids is 2. The molecule has 0 aliphatic rings. The molecule has 1 amide bonds. The molecule has 0 fully saturated rings. The molecule has 0 aliphatic carbocycles. The maximum absolute atomic E-state index is 12.1. The van der Waals surface area contributed by atoms with Crippen molar-refractivity contribution in [1.82, 2.24) is 5.48 Å². The van der Waals surface area contributed by atoms with Crippen LogP contribution in [0.5, 0.6) is 0 Å². The number of ketones is 1. The Morgan fingerprint density at radius 3 is 2.14 bits per heavy atom. The van der Waals surface area contributed by atoms with Gasteiger partial charge in [0.15, 0.2) is 5.78 Å². The van der Waals surface area contributed by atoms with Gasteiger partial charge in [0, 0.05) is 11.1 Å². The van der Waals surface area contributed by atoms with Crippen LogP contribution in [0.4, 0.5) is 0 Å². The summed E-state index contributed by atoms with van der Waals surface area (Å²) < 4.78 is 0. The second-order valence-electron chi connectivity index (χ2n) is 4.81. The summed E-state index contributed by atoms with van der Waals surface area (Å²) in [7, 11) is 0. The summed E-state index contributed by atoms with van der Waals surface area (Å²) in [6.07, 6.45) is 4.24. The zero-order valence-corrected chi connectivity index (χ0v) is 12.2. The highest BCUT2D eigenvalue weighted by Gasteiger charge is 2.06. The molecule has 0 heterocycles. The summed E-state index contributed by atoms with van der Waals surface area (Å²) in [6.45, 7) is 2.09. The second-order valence-corrected chi connectivity index (χ2v) is 4.81. The van der Waals surface area contributed by atoms with Gasteiger partial charge in [0.25, 0.3) is 5.91 Å². The number of rotatable bonds is 5. The average Bonchev–Trinajstić information content (AvgIpc) is 2.59. The Morgan fingerprint density at radius 1 is 1.00 bits per heavy atom. The Labute approximate surface area is 129 Å². The molecule has 0 unspecified atom stereocenters. The minimum Gasteiger partial charge on any atom is -0.289 e. The van der Waals surface area contributed by atoms with Crippen molar-refractivity contribution in [2.75, 3.05) is 0 Å². The minimum absolute atomic E-state index is 0.143. The number of hydrogen-bond donors (Lipinski definition) is 2. The Morgan fingerprint density at radius 2 is 1.59 bits per heavy atom. The van der Waals surface area contributed by atoms with Crippen LogP contribution in [0.2, 0.25) is 0 Å². The van der Waals surface area contributed by atoms with Gasteiger partial charge in [-0.3, -0.25) is 14.8 Å². The highest BCUT2D eigenvalue weighted by Crippen LogP contribution is 2.09. The van der Waals surface area contributed by atoms with Crippen LogP contribution < -0.4 is 5.48 Å². The molecular formula is C18H17NO3. The van der Waals surface area contributed by atoms with Crippen molar-refractivity contribution >= 4 is 17.8 Å². The minimum atomic E-state index is -0.606. The third kappa shape index (κ3) is 3.90. The number of hydroxylamine groups is 1. The van der Waals surface area contributed by atoms with E-state index in [-0.39, 0.29) is 11.3 Å². The summed E-state index contributed by atoms with van der Waals surface area (Å²) in [6, 6.07) is 14.1. The van der Waals surface area contributed by atoms with Gasteiger partial charge in [-0.15, -0.1) is 0 Å². The quantitative estimate of drug-likeness (QED) is 0.385. The summed E-state index contributed by atoms with van der Waals surface area (Å²) >= 11 is 0. The van der Waals surface area contributed by atoms with Crippen LogP contribution in [-0.4, -0.2) is 16.9 Å². The third-order valence-electron chi connectivity index (χ3n) is 3.35. The molecule has 2 aromatic rings. The average molecular weight is 295 g/mol. The Hall–Kier alpha value is -2.72. The van der Waals surface area contributed by atoms with Gasteiger partial charge in [-0.2, -0.15) is 0 Å². The highest BCUT2D eigenvalue weighted by atomic mass is 16.5. The smallest absolute Gasteiger partial charge is 0.274 e. The normalized spacial score (nSPS) is 10.6. The summed E-state index contributed by atoms with van der Waals surface area (Å²) in [5.41, 5.74) is 4.53. The van der Waals surface area contributed by atoms with Crippen molar-refractivity contribution in [3.8, 4) is 0 Å². The monoisotopic (exact) mass is 295 g/mol. The van der Waals surface area contributed by atoms with Crippen molar-refractivity contribution in [1.29, 1.82) is 0 Å². The SMILES string of the molecule is CCc1ccc(C=CC(=O)c2ccc(C(=O)NO)cc2)cc1. The van der Waals surface area contributed by atoms with Gasteiger partial charge in [0.1, 0.15) is 0 Å². The molecule has 0 spiro atoms. The van der Waals surface area contributed by atoms with Gasteiger partial charge in [-0.05, 0) is 35.8 Å². The van der Waals surface area contributed by atoms with E-state index < -0.39 is 5.91 Å². The molecule has 0 bridgehead atoms. The molecule has 22 heavy (non-hydrogen) atoms. The van der Waals surface area contributed by atoms with Gasteiger partial charge in [-0.25, -0.2) is 5.48 Å². The van der Waals surface area contributed by atoms with E-state index in [9.17, 15) is 9.59 Å². The van der Waals surface area contributed by atoms with Crippen molar-refractivity contribution in [3.63, 3.8) is 0 Å². The second kappa shape index (κ2) is 7.33. The maximum atomic E-state index is 12.1. The highest BCUT2D eigenvalue weighted by molar-refractivity contribution is 6.07. The molecule has 0 aromatic heterocycles. The lowest BCUT2D eigenvalue weighted by molar-refractivity contribution is 0.0706. The fourth-order valence-electron chi connectivity index (χ4n) is 1.98. The Balaban J connectivity index is 2.07. The third-order valence-corrected chi connectivity index (χ3v) is 3.35. The van der Waals surface area contributed by atoms with Gasteiger partial charge < -0.3 is 0 Å². The molecule has 0 aliphatic heterocycles.